The first kappa shape index (κ1) is 17.8. The number of carbonyl (C=O) groups excluding carboxylic acids is 2. The summed E-state index contributed by atoms with van der Waals surface area (Å²) in [5, 5.41) is 2.91. The number of likely N-dealkylation sites (tertiary alicyclic amines) is 1. The Hall–Kier alpha value is -1.96. The van der Waals surface area contributed by atoms with Gasteiger partial charge in [0.15, 0.2) is 0 Å². The van der Waals surface area contributed by atoms with E-state index in [1.54, 1.807) is 0 Å². The van der Waals surface area contributed by atoms with Crippen LogP contribution in [0.4, 0.5) is 5.69 Å². The number of hydrogen-bond donors (Lipinski definition) is 3. The molecule has 0 aliphatic carbocycles. The average Bonchev–Trinajstić information content (AvgIpc) is 3.24. The van der Waals surface area contributed by atoms with Gasteiger partial charge in [-0.15, -0.1) is 0 Å². The van der Waals surface area contributed by atoms with Crippen LogP contribution < -0.4 is 16.8 Å². The first-order valence-electron chi connectivity index (χ1n) is 8.85. The van der Waals surface area contributed by atoms with Crippen molar-refractivity contribution in [1.29, 1.82) is 0 Å². The molecule has 2 amide bonds. The van der Waals surface area contributed by atoms with E-state index in [1.807, 2.05) is 24.3 Å². The molecule has 0 radical (unpaired) electrons. The van der Waals surface area contributed by atoms with Gasteiger partial charge >= 0.3 is 0 Å². The third kappa shape index (κ3) is 4.36. The van der Waals surface area contributed by atoms with E-state index in [4.69, 9.17) is 16.2 Å². The normalized spacial score (nSPS) is 26.7. The maximum atomic E-state index is 12.3. The van der Waals surface area contributed by atoms with Crippen molar-refractivity contribution < 1.29 is 14.3 Å². The predicted molar refractivity (Wildman–Crippen MR) is 94.6 cm³/mol. The summed E-state index contributed by atoms with van der Waals surface area (Å²) >= 11 is 0. The van der Waals surface area contributed by atoms with E-state index in [9.17, 15) is 9.59 Å². The van der Waals surface area contributed by atoms with E-state index >= 15 is 0 Å². The van der Waals surface area contributed by atoms with E-state index in [1.165, 1.54) is 0 Å². The molecule has 2 heterocycles. The SMILES string of the molecule is NC[C@H]1CC[C@@H](C(=O)Nc2cccc(CN3CCCC3C(N)=O)c2)O1. The largest absolute Gasteiger partial charge is 0.368 e. The van der Waals surface area contributed by atoms with Gasteiger partial charge in [0.1, 0.15) is 6.10 Å². The lowest BCUT2D eigenvalue weighted by molar-refractivity contribution is -0.126. The summed E-state index contributed by atoms with van der Waals surface area (Å²) < 4.78 is 5.63. The monoisotopic (exact) mass is 346 g/mol. The van der Waals surface area contributed by atoms with Crippen molar-refractivity contribution in [3.63, 3.8) is 0 Å². The van der Waals surface area contributed by atoms with Gasteiger partial charge in [-0.05, 0) is 49.9 Å². The second-order valence-electron chi connectivity index (χ2n) is 6.78. The molecule has 7 nitrogen and oxygen atoms in total. The van der Waals surface area contributed by atoms with Crippen molar-refractivity contribution >= 4 is 17.5 Å². The lowest BCUT2D eigenvalue weighted by Crippen LogP contribution is -2.39. The van der Waals surface area contributed by atoms with Crippen molar-refractivity contribution in [3.05, 3.63) is 29.8 Å². The van der Waals surface area contributed by atoms with Crippen LogP contribution in [0, 0.1) is 0 Å². The van der Waals surface area contributed by atoms with Crippen molar-refractivity contribution in [3.8, 4) is 0 Å². The number of carbonyl (C=O) groups is 2. The van der Waals surface area contributed by atoms with E-state index in [0.717, 1.165) is 37.1 Å². The van der Waals surface area contributed by atoms with Crippen molar-refractivity contribution in [2.75, 3.05) is 18.4 Å². The minimum absolute atomic E-state index is 0.0250. The molecule has 5 N–H and O–H groups in total. The standard InChI is InChI=1S/C18H26N4O3/c19-10-14-6-7-16(25-14)18(24)21-13-4-1-3-12(9-13)11-22-8-2-5-15(22)17(20)23/h1,3-4,9,14-16H,2,5-8,10-11,19H2,(H2,20,23)(H,21,24)/t14-,15?,16+/m1/s1. The second kappa shape index (κ2) is 7.95. The molecule has 3 rings (SSSR count). The Morgan fingerprint density at radius 3 is 2.84 bits per heavy atom. The maximum absolute atomic E-state index is 12.3. The van der Waals surface area contributed by atoms with E-state index in [2.05, 4.69) is 10.2 Å². The number of hydrogen-bond acceptors (Lipinski definition) is 5. The zero-order chi connectivity index (χ0) is 17.8. The highest BCUT2D eigenvalue weighted by atomic mass is 16.5. The van der Waals surface area contributed by atoms with E-state index in [-0.39, 0.29) is 24.0 Å². The number of amides is 2. The lowest BCUT2D eigenvalue weighted by atomic mass is 10.1. The molecule has 0 saturated carbocycles. The molecule has 136 valence electrons. The first-order chi connectivity index (χ1) is 12.1. The molecule has 0 aromatic heterocycles. The van der Waals surface area contributed by atoms with Gasteiger partial charge in [-0.2, -0.15) is 0 Å². The number of nitrogens with two attached hydrogens (primary N) is 2. The Bertz CT molecular complexity index is 637. The Morgan fingerprint density at radius 1 is 1.28 bits per heavy atom. The molecule has 2 aliphatic rings. The fourth-order valence-electron chi connectivity index (χ4n) is 3.61. The summed E-state index contributed by atoms with van der Waals surface area (Å²) in [5.74, 6) is -0.404. The van der Waals surface area contributed by atoms with Gasteiger partial charge in [0.05, 0.1) is 12.1 Å². The number of rotatable bonds is 6. The fraction of sp³-hybridized carbons (Fsp3) is 0.556. The number of nitrogens with one attached hydrogen (secondary N) is 1. The van der Waals surface area contributed by atoms with Gasteiger partial charge in [0.2, 0.25) is 5.91 Å². The lowest BCUT2D eigenvalue weighted by Gasteiger charge is -2.22. The van der Waals surface area contributed by atoms with Gasteiger partial charge in [0, 0.05) is 18.8 Å². The number of benzene rings is 1. The zero-order valence-electron chi connectivity index (χ0n) is 14.3. The van der Waals surface area contributed by atoms with Crippen molar-refractivity contribution in [2.24, 2.45) is 11.5 Å². The number of ether oxygens (including phenoxy) is 1. The highest BCUT2D eigenvalue weighted by Gasteiger charge is 2.30. The number of nitrogens with zero attached hydrogens (tertiary/aromatic N) is 1. The van der Waals surface area contributed by atoms with Crippen LogP contribution in [0.25, 0.3) is 0 Å². The van der Waals surface area contributed by atoms with Crippen LogP contribution >= 0.6 is 0 Å². The average molecular weight is 346 g/mol. The second-order valence-corrected chi connectivity index (χ2v) is 6.78. The quantitative estimate of drug-likeness (QED) is 0.698. The van der Waals surface area contributed by atoms with Crippen LogP contribution in [0.15, 0.2) is 24.3 Å². The van der Waals surface area contributed by atoms with Crippen LogP contribution in [-0.2, 0) is 20.9 Å². The van der Waals surface area contributed by atoms with E-state index in [0.29, 0.717) is 19.5 Å². The maximum Gasteiger partial charge on any atom is 0.253 e. The third-order valence-corrected chi connectivity index (χ3v) is 4.94. The number of primary amides is 1. The van der Waals surface area contributed by atoms with Gasteiger partial charge in [0.25, 0.3) is 5.91 Å². The van der Waals surface area contributed by atoms with Crippen LogP contribution in [-0.4, -0.2) is 48.1 Å². The summed E-state index contributed by atoms with van der Waals surface area (Å²) in [4.78, 5) is 25.9. The third-order valence-electron chi connectivity index (χ3n) is 4.94. The smallest absolute Gasteiger partial charge is 0.253 e. The molecule has 1 aromatic rings. The molecule has 25 heavy (non-hydrogen) atoms. The molecule has 3 atom stereocenters. The molecular weight excluding hydrogens is 320 g/mol. The van der Waals surface area contributed by atoms with Gasteiger partial charge in [-0.25, -0.2) is 0 Å². The Labute approximate surface area is 147 Å². The highest BCUT2D eigenvalue weighted by Crippen LogP contribution is 2.23. The Balaban J connectivity index is 1.60. The Morgan fingerprint density at radius 2 is 2.12 bits per heavy atom. The van der Waals surface area contributed by atoms with Crippen molar-refractivity contribution in [1.82, 2.24) is 4.90 Å². The summed E-state index contributed by atoms with van der Waals surface area (Å²) in [5.41, 5.74) is 12.8. The van der Waals surface area contributed by atoms with Crippen LogP contribution in [0.5, 0.6) is 0 Å². The molecule has 1 aromatic carbocycles. The summed E-state index contributed by atoms with van der Waals surface area (Å²) in [6.07, 6.45) is 2.84. The highest BCUT2D eigenvalue weighted by molar-refractivity contribution is 5.94. The minimum Gasteiger partial charge on any atom is -0.368 e. The predicted octanol–water partition coefficient (Wildman–Crippen LogP) is 0.581. The van der Waals surface area contributed by atoms with E-state index < -0.39 is 6.10 Å². The topological polar surface area (TPSA) is 111 Å². The molecule has 1 unspecified atom stereocenters. The molecule has 0 spiro atoms. The van der Waals surface area contributed by atoms with Crippen LogP contribution in [0.3, 0.4) is 0 Å². The molecular formula is C18H26N4O3. The molecule has 2 aliphatic heterocycles. The number of anilines is 1. The zero-order valence-corrected chi connectivity index (χ0v) is 14.3. The minimum atomic E-state index is -0.435. The van der Waals surface area contributed by atoms with Crippen LogP contribution in [0.1, 0.15) is 31.2 Å². The first-order valence-corrected chi connectivity index (χ1v) is 8.85. The van der Waals surface area contributed by atoms with Crippen LogP contribution in [0.2, 0.25) is 0 Å². The van der Waals surface area contributed by atoms with Crippen molar-refractivity contribution in [2.45, 2.75) is 50.5 Å². The van der Waals surface area contributed by atoms with Gasteiger partial charge in [-0.3, -0.25) is 14.5 Å². The molecule has 0 bridgehead atoms. The fourth-order valence-corrected chi connectivity index (χ4v) is 3.61. The molecule has 7 heteroatoms. The molecule has 2 fully saturated rings. The summed E-state index contributed by atoms with van der Waals surface area (Å²) in [6.45, 7) is 1.95. The summed E-state index contributed by atoms with van der Waals surface area (Å²) in [6, 6.07) is 7.48. The Kier molecular flexibility index (Phi) is 5.67. The summed E-state index contributed by atoms with van der Waals surface area (Å²) in [7, 11) is 0. The molecule has 2 saturated heterocycles. The van der Waals surface area contributed by atoms with Gasteiger partial charge in [-0.1, -0.05) is 12.1 Å². The van der Waals surface area contributed by atoms with Gasteiger partial charge < -0.3 is 21.5 Å².